The van der Waals surface area contributed by atoms with Gasteiger partial charge in [0, 0.05) is 24.5 Å². The van der Waals surface area contributed by atoms with Crippen molar-refractivity contribution in [1.29, 1.82) is 0 Å². The Kier molecular flexibility index (Phi) is 5.94. The van der Waals surface area contributed by atoms with E-state index in [2.05, 4.69) is 4.98 Å². The van der Waals surface area contributed by atoms with Gasteiger partial charge >= 0.3 is 5.97 Å². The van der Waals surface area contributed by atoms with E-state index in [1.807, 2.05) is 6.92 Å². The van der Waals surface area contributed by atoms with Crippen LogP contribution in [0.4, 0.5) is 0 Å². The SMILES string of the molecule is COc1cc(CN(CC(=O)O)C(=O)c2ccc(C)nc2)cc(OC)c1. The molecule has 7 heteroatoms. The van der Waals surface area contributed by atoms with Crippen molar-refractivity contribution in [3.63, 3.8) is 0 Å². The van der Waals surface area contributed by atoms with Crippen LogP contribution in [-0.2, 0) is 11.3 Å². The Morgan fingerprint density at radius 3 is 2.24 bits per heavy atom. The van der Waals surface area contributed by atoms with Crippen LogP contribution in [0.5, 0.6) is 11.5 Å². The summed E-state index contributed by atoms with van der Waals surface area (Å²) < 4.78 is 10.4. The van der Waals surface area contributed by atoms with Crippen LogP contribution in [0.3, 0.4) is 0 Å². The summed E-state index contributed by atoms with van der Waals surface area (Å²) in [5.74, 6) is -0.372. The van der Waals surface area contributed by atoms with Crippen molar-refractivity contribution in [3.8, 4) is 11.5 Å². The molecule has 1 aromatic heterocycles. The van der Waals surface area contributed by atoms with E-state index < -0.39 is 18.4 Å². The highest BCUT2D eigenvalue weighted by molar-refractivity contribution is 5.95. The number of aromatic nitrogens is 1. The summed E-state index contributed by atoms with van der Waals surface area (Å²) in [7, 11) is 3.05. The van der Waals surface area contributed by atoms with Crippen LogP contribution in [0.2, 0.25) is 0 Å². The highest BCUT2D eigenvalue weighted by atomic mass is 16.5. The van der Waals surface area contributed by atoms with Crippen LogP contribution in [-0.4, -0.2) is 47.6 Å². The smallest absolute Gasteiger partial charge is 0.323 e. The molecule has 0 radical (unpaired) electrons. The number of carboxylic acid groups (broad SMARTS) is 1. The first-order chi connectivity index (χ1) is 11.9. The van der Waals surface area contributed by atoms with E-state index in [9.17, 15) is 9.59 Å². The van der Waals surface area contributed by atoms with Gasteiger partial charge in [0.15, 0.2) is 0 Å². The fourth-order valence-corrected chi connectivity index (χ4v) is 2.32. The first-order valence-corrected chi connectivity index (χ1v) is 7.58. The van der Waals surface area contributed by atoms with Crippen LogP contribution >= 0.6 is 0 Å². The third kappa shape index (κ3) is 4.94. The third-order valence-electron chi connectivity index (χ3n) is 3.56. The minimum absolute atomic E-state index is 0.104. The fourth-order valence-electron chi connectivity index (χ4n) is 2.32. The van der Waals surface area contributed by atoms with Crippen LogP contribution in [0.15, 0.2) is 36.5 Å². The van der Waals surface area contributed by atoms with Crippen molar-refractivity contribution in [2.24, 2.45) is 0 Å². The molecule has 0 atom stereocenters. The van der Waals surface area contributed by atoms with Crippen LogP contribution in [0.1, 0.15) is 21.6 Å². The molecule has 1 amide bonds. The highest BCUT2D eigenvalue weighted by Gasteiger charge is 2.20. The number of nitrogens with zero attached hydrogens (tertiary/aromatic N) is 2. The average Bonchev–Trinajstić information content (AvgIpc) is 2.60. The molecular weight excluding hydrogens is 324 g/mol. The first-order valence-electron chi connectivity index (χ1n) is 7.58. The molecule has 2 rings (SSSR count). The van der Waals surface area contributed by atoms with Crippen molar-refractivity contribution in [2.75, 3.05) is 20.8 Å². The lowest BCUT2D eigenvalue weighted by molar-refractivity contribution is -0.137. The van der Waals surface area contributed by atoms with E-state index in [4.69, 9.17) is 14.6 Å². The summed E-state index contributed by atoms with van der Waals surface area (Å²) in [6.07, 6.45) is 1.44. The number of aliphatic carboxylic acids is 1. The number of ether oxygens (including phenoxy) is 2. The van der Waals surface area contributed by atoms with Gasteiger partial charge in [0.2, 0.25) is 0 Å². The monoisotopic (exact) mass is 344 g/mol. The lowest BCUT2D eigenvalue weighted by Crippen LogP contribution is -2.35. The minimum atomic E-state index is -1.09. The predicted octanol–water partition coefficient (Wildman–Crippen LogP) is 2.13. The molecule has 1 aromatic carbocycles. The fraction of sp³-hybridized carbons (Fsp3) is 0.278. The number of rotatable bonds is 7. The van der Waals surface area contributed by atoms with Gasteiger partial charge in [-0.1, -0.05) is 0 Å². The van der Waals surface area contributed by atoms with Crippen LogP contribution in [0.25, 0.3) is 0 Å². The van der Waals surface area contributed by atoms with E-state index in [1.54, 1.807) is 30.3 Å². The molecule has 2 aromatic rings. The Bertz CT molecular complexity index is 736. The molecule has 132 valence electrons. The molecule has 0 aliphatic heterocycles. The molecule has 0 unspecified atom stereocenters. The Morgan fingerprint density at radius 1 is 1.12 bits per heavy atom. The van der Waals surface area contributed by atoms with Crippen molar-refractivity contribution < 1.29 is 24.2 Å². The van der Waals surface area contributed by atoms with Gasteiger partial charge in [-0.2, -0.15) is 0 Å². The lowest BCUT2D eigenvalue weighted by atomic mass is 10.1. The number of pyridine rings is 1. The van der Waals surface area contributed by atoms with E-state index >= 15 is 0 Å². The Balaban J connectivity index is 2.30. The van der Waals surface area contributed by atoms with Gasteiger partial charge in [0.05, 0.1) is 19.8 Å². The van der Waals surface area contributed by atoms with E-state index in [0.717, 1.165) is 5.69 Å². The van der Waals surface area contributed by atoms with Crippen LogP contribution in [0, 0.1) is 6.92 Å². The Hall–Kier alpha value is -3.09. The number of aryl methyl sites for hydroxylation is 1. The van der Waals surface area contributed by atoms with E-state index in [0.29, 0.717) is 22.6 Å². The first kappa shape index (κ1) is 18.3. The summed E-state index contributed by atoms with van der Waals surface area (Å²) in [5, 5.41) is 9.14. The maximum atomic E-state index is 12.7. The molecular formula is C18H20N2O5. The van der Waals surface area contributed by atoms with Crippen molar-refractivity contribution in [3.05, 3.63) is 53.3 Å². The molecule has 0 spiro atoms. The summed E-state index contributed by atoms with van der Waals surface area (Å²) in [6, 6.07) is 8.51. The van der Waals surface area contributed by atoms with Crippen molar-refractivity contribution in [1.82, 2.24) is 9.88 Å². The van der Waals surface area contributed by atoms with Gasteiger partial charge in [-0.3, -0.25) is 14.6 Å². The quantitative estimate of drug-likeness (QED) is 0.828. The topological polar surface area (TPSA) is 89.0 Å². The number of amides is 1. The lowest BCUT2D eigenvalue weighted by Gasteiger charge is -2.21. The number of carboxylic acids is 1. The molecule has 1 N–H and O–H groups in total. The second-order valence-corrected chi connectivity index (χ2v) is 5.46. The van der Waals surface area contributed by atoms with Gasteiger partial charge in [-0.15, -0.1) is 0 Å². The molecule has 0 aliphatic rings. The van der Waals surface area contributed by atoms with Gasteiger partial charge in [-0.05, 0) is 36.8 Å². The number of carbonyl (C=O) groups excluding carboxylic acids is 1. The molecule has 0 saturated carbocycles. The summed E-state index contributed by atoms with van der Waals surface area (Å²) >= 11 is 0. The molecule has 0 fully saturated rings. The zero-order chi connectivity index (χ0) is 18.4. The standard InChI is InChI=1S/C18H20N2O5/c1-12-4-5-14(9-19-12)18(23)20(11-17(21)22)10-13-6-15(24-2)8-16(7-13)25-3/h4-9H,10-11H2,1-3H3,(H,21,22). The van der Waals surface area contributed by atoms with Crippen LogP contribution < -0.4 is 9.47 Å². The third-order valence-corrected chi connectivity index (χ3v) is 3.56. The Labute approximate surface area is 145 Å². The second kappa shape index (κ2) is 8.14. The van der Waals surface area contributed by atoms with Crippen molar-refractivity contribution in [2.45, 2.75) is 13.5 Å². The summed E-state index contributed by atoms with van der Waals surface area (Å²) in [4.78, 5) is 29.2. The molecule has 0 saturated heterocycles. The molecule has 7 nitrogen and oxygen atoms in total. The van der Waals surface area contributed by atoms with Gasteiger partial charge in [-0.25, -0.2) is 0 Å². The molecule has 0 bridgehead atoms. The molecule has 1 heterocycles. The normalized spacial score (nSPS) is 10.2. The average molecular weight is 344 g/mol. The number of hydrogen-bond donors (Lipinski definition) is 1. The second-order valence-electron chi connectivity index (χ2n) is 5.46. The van der Waals surface area contributed by atoms with E-state index in [-0.39, 0.29) is 6.54 Å². The zero-order valence-corrected chi connectivity index (χ0v) is 14.4. The van der Waals surface area contributed by atoms with E-state index in [1.165, 1.54) is 25.3 Å². The highest BCUT2D eigenvalue weighted by Crippen LogP contribution is 2.23. The number of carbonyl (C=O) groups is 2. The summed E-state index contributed by atoms with van der Waals surface area (Å²) in [5.41, 5.74) is 1.81. The van der Waals surface area contributed by atoms with Gasteiger partial charge in [0.25, 0.3) is 5.91 Å². The van der Waals surface area contributed by atoms with Gasteiger partial charge < -0.3 is 19.5 Å². The molecule has 0 aliphatic carbocycles. The summed E-state index contributed by atoms with van der Waals surface area (Å²) in [6.45, 7) is 1.49. The zero-order valence-electron chi connectivity index (χ0n) is 14.4. The maximum absolute atomic E-state index is 12.7. The predicted molar refractivity (Wildman–Crippen MR) is 90.9 cm³/mol. The number of hydrogen-bond acceptors (Lipinski definition) is 5. The number of benzene rings is 1. The van der Waals surface area contributed by atoms with Crippen molar-refractivity contribution >= 4 is 11.9 Å². The number of methoxy groups -OCH3 is 2. The van der Waals surface area contributed by atoms with Gasteiger partial charge in [0.1, 0.15) is 18.0 Å². The largest absolute Gasteiger partial charge is 0.497 e. The maximum Gasteiger partial charge on any atom is 0.323 e. The minimum Gasteiger partial charge on any atom is -0.497 e. The Morgan fingerprint density at radius 2 is 1.76 bits per heavy atom. The molecule has 25 heavy (non-hydrogen) atoms.